The van der Waals surface area contributed by atoms with Crippen LogP contribution in [0.3, 0.4) is 0 Å². The molecule has 0 spiro atoms. The minimum Gasteiger partial charge on any atom is -0.497 e. The van der Waals surface area contributed by atoms with E-state index in [0.717, 1.165) is 35.7 Å². The number of nitrogens with zero attached hydrogens (tertiary/aromatic N) is 5. The number of thioether (sulfide) groups is 1. The highest BCUT2D eigenvalue weighted by Crippen LogP contribution is 2.26. The van der Waals surface area contributed by atoms with E-state index in [-0.39, 0.29) is 17.7 Å². The summed E-state index contributed by atoms with van der Waals surface area (Å²) in [6.07, 6.45) is 2.38. The molecule has 2 heterocycles. The normalized spacial score (nSPS) is 14.9. The fourth-order valence-electron chi connectivity index (χ4n) is 4.10. The summed E-state index contributed by atoms with van der Waals surface area (Å²) in [6, 6.07) is 14.4. The number of likely N-dealkylation sites (tertiary alicyclic amines) is 1. The number of aromatic nitrogens is 4. The SMILES string of the molecule is COc1ccc([C@H](CNC(=O)CSc2nnnn2-c2cc(C)ccc2C)N2CCCC2)cc1. The van der Waals surface area contributed by atoms with Crippen molar-refractivity contribution in [3.63, 3.8) is 0 Å². The Morgan fingerprint density at radius 1 is 1.15 bits per heavy atom. The molecule has 4 rings (SSSR count). The van der Waals surface area contributed by atoms with Crippen molar-refractivity contribution < 1.29 is 9.53 Å². The van der Waals surface area contributed by atoms with Crippen molar-refractivity contribution >= 4 is 17.7 Å². The molecule has 1 amide bonds. The van der Waals surface area contributed by atoms with Crippen LogP contribution >= 0.6 is 11.8 Å². The van der Waals surface area contributed by atoms with E-state index in [1.807, 2.05) is 38.1 Å². The lowest BCUT2D eigenvalue weighted by molar-refractivity contribution is -0.118. The molecule has 33 heavy (non-hydrogen) atoms. The third-order valence-corrected chi connectivity index (χ3v) is 6.86. The summed E-state index contributed by atoms with van der Waals surface area (Å²) in [5.74, 6) is 1.05. The molecule has 0 unspecified atom stereocenters. The van der Waals surface area contributed by atoms with Crippen LogP contribution in [0.1, 0.15) is 35.6 Å². The van der Waals surface area contributed by atoms with Crippen LogP contribution in [0, 0.1) is 13.8 Å². The zero-order chi connectivity index (χ0) is 23.2. The summed E-state index contributed by atoms with van der Waals surface area (Å²) >= 11 is 1.34. The van der Waals surface area contributed by atoms with Gasteiger partial charge in [0.2, 0.25) is 11.1 Å². The number of hydrogen-bond donors (Lipinski definition) is 1. The van der Waals surface area contributed by atoms with Gasteiger partial charge in [0.15, 0.2) is 0 Å². The number of rotatable bonds is 9. The summed E-state index contributed by atoms with van der Waals surface area (Å²) < 4.78 is 6.99. The van der Waals surface area contributed by atoms with Crippen molar-refractivity contribution in [3.05, 3.63) is 59.2 Å². The molecule has 0 saturated carbocycles. The van der Waals surface area contributed by atoms with Crippen LogP contribution in [0.5, 0.6) is 5.75 Å². The van der Waals surface area contributed by atoms with Crippen LogP contribution < -0.4 is 10.1 Å². The lowest BCUT2D eigenvalue weighted by atomic mass is 10.1. The molecule has 1 aliphatic rings. The van der Waals surface area contributed by atoms with E-state index in [4.69, 9.17) is 4.74 Å². The predicted molar refractivity (Wildman–Crippen MR) is 129 cm³/mol. The third-order valence-electron chi connectivity index (χ3n) is 5.94. The number of carbonyl (C=O) groups is 1. The van der Waals surface area contributed by atoms with Gasteiger partial charge in [0.1, 0.15) is 5.75 Å². The number of aryl methyl sites for hydroxylation is 2. The second kappa shape index (κ2) is 10.8. The maximum absolute atomic E-state index is 12.7. The zero-order valence-electron chi connectivity index (χ0n) is 19.3. The van der Waals surface area contributed by atoms with E-state index in [0.29, 0.717) is 11.7 Å². The van der Waals surface area contributed by atoms with Gasteiger partial charge in [-0.3, -0.25) is 9.69 Å². The van der Waals surface area contributed by atoms with Gasteiger partial charge in [-0.2, -0.15) is 4.68 Å². The van der Waals surface area contributed by atoms with Crippen molar-refractivity contribution in [2.45, 2.75) is 37.9 Å². The Morgan fingerprint density at radius 3 is 2.64 bits per heavy atom. The lowest BCUT2D eigenvalue weighted by Gasteiger charge is -2.28. The number of nitrogens with one attached hydrogen (secondary N) is 1. The number of ether oxygens (including phenoxy) is 1. The summed E-state index contributed by atoms with van der Waals surface area (Å²) in [6.45, 7) is 6.72. The van der Waals surface area contributed by atoms with Crippen molar-refractivity contribution in [2.24, 2.45) is 0 Å². The van der Waals surface area contributed by atoms with Crippen LogP contribution in [-0.2, 0) is 4.79 Å². The summed E-state index contributed by atoms with van der Waals surface area (Å²) in [5.41, 5.74) is 4.32. The Labute approximate surface area is 198 Å². The minimum atomic E-state index is -0.0341. The molecule has 1 fully saturated rings. The molecule has 2 aromatic carbocycles. The van der Waals surface area contributed by atoms with Gasteiger partial charge in [0.05, 0.1) is 24.6 Å². The highest BCUT2D eigenvalue weighted by molar-refractivity contribution is 7.99. The van der Waals surface area contributed by atoms with Crippen molar-refractivity contribution in [1.82, 2.24) is 30.4 Å². The van der Waals surface area contributed by atoms with Crippen molar-refractivity contribution in [3.8, 4) is 11.4 Å². The van der Waals surface area contributed by atoms with Crippen LogP contribution in [-0.4, -0.2) is 63.5 Å². The van der Waals surface area contributed by atoms with E-state index < -0.39 is 0 Å². The first-order chi connectivity index (χ1) is 16.0. The van der Waals surface area contributed by atoms with Gasteiger partial charge >= 0.3 is 0 Å². The van der Waals surface area contributed by atoms with E-state index >= 15 is 0 Å². The van der Waals surface area contributed by atoms with E-state index in [9.17, 15) is 4.79 Å². The van der Waals surface area contributed by atoms with E-state index in [1.54, 1.807) is 11.8 Å². The molecule has 0 radical (unpaired) electrons. The van der Waals surface area contributed by atoms with Crippen LogP contribution in [0.25, 0.3) is 5.69 Å². The molecule has 8 nitrogen and oxygen atoms in total. The Morgan fingerprint density at radius 2 is 1.91 bits per heavy atom. The van der Waals surface area contributed by atoms with E-state index in [1.165, 1.54) is 30.2 Å². The fraction of sp³-hybridized carbons (Fsp3) is 0.417. The Bertz CT molecular complexity index is 1080. The topological polar surface area (TPSA) is 85.2 Å². The molecule has 1 N–H and O–H groups in total. The number of amides is 1. The Hall–Kier alpha value is -2.91. The molecule has 0 aliphatic carbocycles. The molecular weight excluding hydrogens is 436 g/mol. The maximum atomic E-state index is 12.7. The second-order valence-electron chi connectivity index (χ2n) is 8.29. The molecular formula is C24H30N6O2S. The first-order valence-electron chi connectivity index (χ1n) is 11.2. The Balaban J connectivity index is 1.38. The van der Waals surface area contributed by atoms with Gasteiger partial charge in [-0.1, -0.05) is 36.0 Å². The molecule has 3 aromatic rings. The van der Waals surface area contributed by atoms with Gasteiger partial charge in [-0.05, 0) is 85.1 Å². The number of benzene rings is 2. The van der Waals surface area contributed by atoms with Gasteiger partial charge in [0, 0.05) is 6.54 Å². The molecule has 1 atom stereocenters. The molecule has 9 heteroatoms. The largest absolute Gasteiger partial charge is 0.497 e. The van der Waals surface area contributed by atoms with Crippen LogP contribution in [0.4, 0.5) is 0 Å². The number of carbonyl (C=O) groups excluding carboxylic acids is 1. The smallest absolute Gasteiger partial charge is 0.230 e. The summed E-state index contributed by atoms with van der Waals surface area (Å²) in [7, 11) is 1.67. The maximum Gasteiger partial charge on any atom is 0.230 e. The predicted octanol–water partition coefficient (Wildman–Crippen LogP) is 3.33. The Kier molecular flexibility index (Phi) is 7.61. The summed E-state index contributed by atoms with van der Waals surface area (Å²) in [5, 5.41) is 15.8. The average molecular weight is 467 g/mol. The highest BCUT2D eigenvalue weighted by atomic mass is 32.2. The second-order valence-corrected chi connectivity index (χ2v) is 9.23. The standard InChI is InChI=1S/C24H30N6O2S/c1-17-6-7-18(2)21(14-17)30-24(26-27-28-30)33-16-23(31)25-15-22(29-12-4-5-13-29)19-8-10-20(32-3)11-9-19/h6-11,14,22H,4-5,12-13,15-16H2,1-3H3,(H,25,31)/t22-/m0/s1. The average Bonchev–Trinajstić information content (AvgIpc) is 3.52. The number of tetrazole rings is 1. The van der Waals surface area contributed by atoms with Crippen LogP contribution in [0.2, 0.25) is 0 Å². The molecule has 174 valence electrons. The van der Waals surface area contributed by atoms with Crippen molar-refractivity contribution in [2.75, 3.05) is 32.5 Å². The summed E-state index contributed by atoms with van der Waals surface area (Å²) in [4.78, 5) is 15.2. The number of methoxy groups -OCH3 is 1. The van der Waals surface area contributed by atoms with Gasteiger partial charge < -0.3 is 10.1 Å². The number of hydrogen-bond acceptors (Lipinski definition) is 7. The van der Waals surface area contributed by atoms with Crippen molar-refractivity contribution in [1.29, 1.82) is 0 Å². The highest BCUT2D eigenvalue weighted by Gasteiger charge is 2.24. The monoisotopic (exact) mass is 466 g/mol. The minimum absolute atomic E-state index is 0.0341. The molecule has 1 aliphatic heterocycles. The lowest BCUT2D eigenvalue weighted by Crippen LogP contribution is -2.37. The molecule has 1 saturated heterocycles. The van der Waals surface area contributed by atoms with Gasteiger partial charge in [-0.15, -0.1) is 5.10 Å². The first-order valence-corrected chi connectivity index (χ1v) is 12.2. The van der Waals surface area contributed by atoms with Gasteiger partial charge in [0.25, 0.3) is 0 Å². The van der Waals surface area contributed by atoms with Crippen LogP contribution in [0.15, 0.2) is 47.6 Å². The third kappa shape index (κ3) is 5.72. The van der Waals surface area contributed by atoms with Gasteiger partial charge in [-0.25, -0.2) is 0 Å². The molecule has 1 aromatic heterocycles. The molecule has 0 bridgehead atoms. The first kappa shape index (κ1) is 23.3. The quantitative estimate of drug-likeness (QED) is 0.484. The van der Waals surface area contributed by atoms with E-state index in [2.05, 4.69) is 43.9 Å². The zero-order valence-corrected chi connectivity index (χ0v) is 20.1. The fourth-order valence-corrected chi connectivity index (χ4v) is 4.81.